The van der Waals surface area contributed by atoms with Gasteiger partial charge in [-0.1, -0.05) is 12.8 Å². The van der Waals surface area contributed by atoms with Gasteiger partial charge in [0, 0.05) is 37.9 Å². The third-order valence-electron chi connectivity index (χ3n) is 5.36. The van der Waals surface area contributed by atoms with Crippen LogP contribution in [0.4, 0.5) is 5.69 Å². The summed E-state index contributed by atoms with van der Waals surface area (Å²) in [5.74, 6) is 0.258. The molecule has 1 aliphatic carbocycles. The van der Waals surface area contributed by atoms with Crippen molar-refractivity contribution in [2.24, 2.45) is 5.92 Å². The number of piperidine rings is 1. The monoisotopic (exact) mass is 365 g/mol. The van der Waals surface area contributed by atoms with Crippen LogP contribution >= 0.6 is 0 Å². The van der Waals surface area contributed by atoms with Crippen LogP contribution in [0.3, 0.4) is 0 Å². The number of pyridine rings is 1. The van der Waals surface area contributed by atoms with E-state index in [1.165, 1.54) is 4.31 Å². The number of sulfonamides is 1. The zero-order valence-electron chi connectivity index (χ0n) is 14.8. The number of nitrogens with zero attached hydrogens (tertiary/aromatic N) is 3. The topological polar surface area (TPSA) is 70.6 Å². The van der Waals surface area contributed by atoms with Gasteiger partial charge >= 0.3 is 0 Å². The Morgan fingerprint density at radius 1 is 1.20 bits per heavy atom. The highest BCUT2D eigenvalue weighted by molar-refractivity contribution is 7.93. The predicted molar refractivity (Wildman–Crippen MR) is 97.7 cm³/mol. The highest BCUT2D eigenvalue weighted by atomic mass is 32.2. The standard InChI is InChI=1S/C18H27N3O3S/c1-2-21(16-9-11-19-12-10-16)25(23,24)17-8-5-13-20(14-17)18(22)15-6-3-4-7-15/h9-12,15,17H,2-8,13-14H2,1H3/t17-/m1/s1. The zero-order valence-corrected chi connectivity index (χ0v) is 15.6. The van der Waals surface area contributed by atoms with E-state index >= 15 is 0 Å². The predicted octanol–water partition coefficient (Wildman–Crippen LogP) is 2.42. The Labute approximate surface area is 150 Å². The van der Waals surface area contributed by atoms with Gasteiger partial charge in [0.05, 0.1) is 10.9 Å². The van der Waals surface area contributed by atoms with E-state index in [0.29, 0.717) is 31.7 Å². The maximum atomic E-state index is 13.2. The molecule has 1 aromatic rings. The van der Waals surface area contributed by atoms with Gasteiger partial charge in [0.15, 0.2) is 0 Å². The second-order valence-electron chi connectivity index (χ2n) is 6.94. The number of hydrogen-bond donors (Lipinski definition) is 0. The highest BCUT2D eigenvalue weighted by Gasteiger charge is 2.38. The summed E-state index contributed by atoms with van der Waals surface area (Å²) in [7, 11) is -3.51. The Kier molecular flexibility index (Phi) is 5.61. The lowest BCUT2D eigenvalue weighted by Crippen LogP contribution is -2.50. The smallest absolute Gasteiger partial charge is 0.239 e. The summed E-state index contributed by atoms with van der Waals surface area (Å²) < 4.78 is 27.8. The van der Waals surface area contributed by atoms with Crippen molar-refractivity contribution in [1.29, 1.82) is 0 Å². The molecule has 0 spiro atoms. The zero-order chi connectivity index (χ0) is 17.9. The van der Waals surface area contributed by atoms with E-state index in [0.717, 1.165) is 32.1 Å². The first-order valence-electron chi connectivity index (χ1n) is 9.24. The average Bonchev–Trinajstić information content (AvgIpc) is 3.17. The molecule has 2 aliphatic rings. The number of amides is 1. The molecule has 6 nitrogen and oxygen atoms in total. The molecule has 3 rings (SSSR count). The molecule has 0 unspecified atom stereocenters. The fourth-order valence-electron chi connectivity index (χ4n) is 4.01. The van der Waals surface area contributed by atoms with Crippen molar-refractivity contribution in [2.75, 3.05) is 23.9 Å². The minimum Gasteiger partial charge on any atom is -0.341 e. The normalized spacial score (nSPS) is 22.1. The molecule has 1 amide bonds. The van der Waals surface area contributed by atoms with Gasteiger partial charge in [-0.3, -0.25) is 14.1 Å². The third kappa shape index (κ3) is 3.81. The van der Waals surface area contributed by atoms with Crippen molar-refractivity contribution >= 4 is 21.6 Å². The van der Waals surface area contributed by atoms with E-state index in [-0.39, 0.29) is 11.8 Å². The second kappa shape index (κ2) is 7.72. The maximum absolute atomic E-state index is 13.2. The molecule has 2 heterocycles. The van der Waals surface area contributed by atoms with Gasteiger partial charge < -0.3 is 4.90 Å². The largest absolute Gasteiger partial charge is 0.341 e. The van der Waals surface area contributed by atoms with Gasteiger partial charge in [-0.25, -0.2) is 8.42 Å². The number of aromatic nitrogens is 1. The first-order valence-corrected chi connectivity index (χ1v) is 10.7. The quantitative estimate of drug-likeness (QED) is 0.803. The molecule has 7 heteroatoms. The Morgan fingerprint density at radius 3 is 2.52 bits per heavy atom. The molecule has 1 atom stereocenters. The Hall–Kier alpha value is -1.63. The summed E-state index contributed by atoms with van der Waals surface area (Å²) in [5, 5.41) is -0.528. The number of anilines is 1. The van der Waals surface area contributed by atoms with Crippen molar-refractivity contribution < 1.29 is 13.2 Å². The molecule has 0 aromatic carbocycles. The number of likely N-dealkylation sites (tertiary alicyclic amines) is 1. The van der Waals surface area contributed by atoms with Crippen molar-refractivity contribution in [3.05, 3.63) is 24.5 Å². The molecular formula is C18H27N3O3S. The van der Waals surface area contributed by atoms with Crippen molar-refractivity contribution in [3.8, 4) is 0 Å². The van der Waals surface area contributed by atoms with Crippen LogP contribution in [0.15, 0.2) is 24.5 Å². The van der Waals surface area contributed by atoms with Crippen LogP contribution in [-0.4, -0.2) is 49.1 Å². The molecule has 1 aliphatic heterocycles. The van der Waals surface area contributed by atoms with E-state index in [4.69, 9.17) is 0 Å². The molecule has 1 saturated heterocycles. The minimum atomic E-state index is -3.51. The van der Waals surface area contributed by atoms with Crippen LogP contribution in [0.25, 0.3) is 0 Å². The molecule has 25 heavy (non-hydrogen) atoms. The Balaban J connectivity index is 1.76. The van der Waals surface area contributed by atoms with Crippen LogP contribution in [0.5, 0.6) is 0 Å². The number of hydrogen-bond acceptors (Lipinski definition) is 4. The van der Waals surface area contributed by atoms with E-state index < -0.39 is 15.3 Å². The Bertz CT molecular complexity index is 687. The SMILES string of the molecule is CCN(c1ccncc1)S(=O)(=O)[C@@H]1CCCN(C(=O)C2CCCC2)C1. The molecule has 1 saturated carbocycles. The van der Waals surface area contributed by atoms with E-state index in [2.05, 4.69) is 4.98 Å². The molecule has 138 valence electrons. The highest BCUT2D eigenvalue weighted by Crippen LogP contribution is 2.30. The summed E-state index contributed by atoms with van der Waals surface area (Å²) in [6, 6.07) is 3.43. The van der Waals surface area contributed by atoms with Gasteiger partial charge in [0.1, 0.15) is 0 Å². The van der Waals surface area contributed by atoms with Gasteiger partial charge in [-0.15, -0.1) is 0 Å². The van der Waals surface area contributed by atoms with Gasteiger partial charge in [-0.05, 0) is 44.7 Å². The van der Waals surface area contributed by atoms with Crippen LogP contribution in [0.2, 0.25) is 0 Å². The van der Waals surface area contributed by atoms with Crippen molar-refractivity contribution in [3.63, 3.8) is 0 Å². The molecular weight excluding hydrogens is 338 g/mol. The minimum absolute atomic E-state index is 0.101. The summed E-state index contributed by atoms with van der Waals surface area (Å²) in [4.78, 5) is 18.4. The summed E-state index contributed by atoms with van der Waals surface area (Å²) in [6.07, 6.45) is 8.67. The Morgan fingerprint density at radius 2 is 1.88 bits per heavy atom. The summed E-state index contributed by atoms with van der Waals surface area (Å²) in [5.41, 5.74) is 0.636. The van der Waals surface area contributed by atoms with E-state index in [1.54, 1.807) is 29.4 Å². The van der Waals surface area contributed by atoms with Gasteiger partial charge in [0.2, 0.25) is 15.9 Å². The number of carbonyl (C=O) groups excluding carboxylic acids is 1. The van der Waals surface area contributed by atoms with Crippen molar-refractivity contribution in [2.45, 2.75) is 50.7 Å². The fourth-order valence-corrected chi connectivity index (χ4v) is 5.98. The van der Waals surface area contributed by atoms with E-state index in [9.17, 15) is 13.2 Å². The molecule has 0 N–H and O–H groups in total. The lowest BCUT2D eigenvalue weighted by atomic mass is 10.0. The van der Waals surface area contributed by atoms with Gasteiger partial charge in [-0.2, -0.15) is 0 Å². The molecule has 0 bridgehead atoms. The van der Waals surface area contributed by atoms with Crippen LogP contribution in [0, 0.1) is 5.92 Å². The maximum Gasteiger partial charge on any atom is 0.239 e. The summed E-state index contributed by atoms with van der Waals surface area (Å²) >= 11 is 0. The molecule has 2 fully saturated rings. The molecule has 0 radical (unpaired) electrons. The lowest BCUT2D eigenvalue weighted by molar-refractivity contribution is -0.136. The van der Waals surface area contributed by atoms with E-state index in [1.807, 2.05) is 6.92 Å². The first kappa shape index (κ1) is 18.2. The second-order valence-corrected chi connectivity index (χ2v) is 9.08. The number of rotatable bonds is 5. The van der Waals surface area contributed by atoms with Crippen LogP contribution in [-0.2, 0) is 14.8 Å². The van der Waals surface area contributed by atoms with Crippen LogP contribution in [0.1, 0.15) is 45.4 Å². The fraction of sp³-hybridized carbons (Fsp3) is 0.667. The third-order valence-corrected chi connectivity index (χ3v) is 7.67. The van der Waals surface area contributed by atoms with Crippen LogP contribution < -0.4 is 4.31 Å². The average molecular weight is 365 g/mol. The first-order chi connectivity index (χ1) is 12.0. The lowest BCUT2D eigenvalue weighted by Gasteiger charge is -2.36. The molecule has 1 aromatic heterocycles. The summed E-state index contributed by atoms with van der Waals surface area (Å²) in [6.45, 7) is 3.21. The van der Waals surface area contributed by atoms with Gasteiger partial charge in [0.25, 0.3) is 0 Å². The van der Waals surface area contributed by atoms with Crippen molar-refractivity contribution in [1.82, 2.24) is 9.88 Å². The number of carbonyl (C=O) groups is 1.